The molecule has 5 N–H and O–H groups in total. The number of carboxylic acid groups (broad SMARTS) is 1. The summed E-state index contributed by atoms with van der Waals surface area (Å²) in [6.45, 7) is 1.20. The van der Waals surface area contributed by atoms with Crippen LogP contribution >= 0.6 is 0 Å². The van der Waals surface area contributed by atoms with Crippen LogP contribution in [0.4, 0.5) is 0 Å². The molecule has 0 aliphatic heterocycles. The molecule has 0 aromatic carbocycles. The monoisotopic (exact) mass is 189 g/mol. The second-order valence-corrected chi connectivity index (χ2v) is 2.39. The molecule has 0 rings (SSSR count). The summed E-state index contributed by atoms with van der Waals surface area (Å²) in [5, 5.41) is 8.51. The summed E-state index contributed by atoms with van der Waals surface area (Å²) in [7, 11) is 0. The normalized spacial score (nSPS) is 11.8. The number of nitrogens with two attached hydrogens (primary N) is 1. The molecule has 0 radical (unpaired) electrons. The second-order valence-electron chi connectivity index (χ2n) is 2.39. The number of hydrogen-bond donors (Lipinski definition) is 4. The van der Waals surface area contributed by atoms with Crippen LogP contribution < -0.4 is 16.6 Å². The van der Waals surface area contributed by atoms with Gasteiger partial charge in [0, 0.05) is 6.92 Å². The van der Waals surface area contributed by atoms with Gasteiger partial charge in [0.2, 0.25) is 11.8 Å². The van der Waals surface area contributed by atoms with Gasteiger partial charge in [-0.1, -0.05) is 0 Å². The molecule has 0 saturated carbocycles. The van der Waals surface area contributed by atoms with Gasteiger partial charge in [0.1, 0.15) is 6.04 Å². The van der Waals surface area contributed by atoms with Crippen molar-refractivity contribution in [3.05, 3.63) is 0 Å². The average molecular weight is 189 g/mol. The lowest BCUT2D eigenvalue weighted by Crippen LogP contribution is -2.49. The van der Waals surface area contributed by atoms with E-state index in [-0.39, 0.29) is 6.42 Å². The van der Waals surface area contributed by atoms with Gasteiger partial charge in [-0.3, -0.25) is 19.8 Å². The van der Waals surface area contributed by atoms with Crippen molar-refractivity contribution < 1.29 is 19.5 Å². The number of carboxylic acids is 1. The van der Waals surface area contributed by atoms with Crippen molar-refractivity contribution in [2.45, 2.75) is 19.4 Å². The van der Waals surface area contributed by atoms with Crippen molar-refractivity contribution >= 4 is 17.8 Å². The van der Waals surface area contributed by atoms with E-state index < -0.39 is 23.8 Å². The van der Waals surface area contributed by atoms with Crippen molar-refractivity contribution in [1.82, 2.24) is 10.9 Å². The molecule has 7 nitrogen and oxygen atoms in total. The molecule has 1 unspecified atom stereocenters. The largest absolute Gasteiger partial charge is 0.480 e. The van der Waals surface area contributed by atoms with Gasteiger partial charge < -0.3 is 10.8 Å². The van der Waals surface area contributed by atoms with Gasteiger partial charge in [-0.2, -0.15) is 0 Å². The highest BCUT2D eigenvalue weighted by molar-refractivity contribution is 5.83. The molecule has 0 heterocycles. The van der Waals surface area contributed by atoms with E-state index in [0.29, 0.717) is 0 Å². The van der Waals surface area contributed by atoms with Crippen molar-refractivity contribution in [3.63, 3.8) is 0 Å². The van der Waals surface area contributed by atoms with Gasteiger partial charge in [-0.25, -0.2) is 5.43 Å². The Kier molecular flexibility index (Phi) is 4.45. The summed E-state index contributed by atoms with van der Waals surface area (Å²) in [4.78, 5) is 31.2. The minimum Gasteiger partial charge on any atom is -0.480 e. The topological polar surface area (TPSA) is 122 Å². The zero-order valence-corrected chi connectivity index (χ0v) is 7.03. The third kappa shape index (κ3) is 5.62. The Labute approximate surface area is 74.3 Å². The SMILES string of the molecule is CC(=O)NNC(CC(N)=O)C(=O)O. The Morgan fingerprint density at radius 3 is 2.31 bits per heavy atom. The number of hydrazine groups is 1. The van der Waals surface area contributed by atoms with Gasteiger partial charge in [0.15, 0.2) is 0 Å². The maximum absolute atomic E-state index is 10.4. The van der Waals surface area contributed by atoms with E-state index in [9.17, 15) is 14.4 Å². The summed E-state index contributed by atoms with van der Waals surface area (Å²) >= 11 is 0. The van der Waals surface area contributed by atoms with E-state index in [1.807, 2.05) is 0 Å². The Morgan fingerprint density at radius 2 is 2.00 bits per heavy atom. The van der Waals surface area contributed by atoms with Gasteiger partial charge in [0.25, 0.3) is 0 Å². The highest BCUT2D eigenvalue weighted by Gasteiger charge is 2.19. The summed E-state index contributed by atoms with van der Waals surface area (Å²) in [6, 6.07) is -1.19. The molecule has 0 fully saturated rings. The molecule has 13 heavy (non-hydrogen) atoms. The van der Waals surface area contributed by atoms with Gasteiger partial charge in [-0.15, -0.1) is 0 Å². The third-order valence-electron chi connectivity index (χ3n) is 1.13. The van der Waals surface area contributed by atoms with E-state index in [2.05, 4.69) is 10.9 Å². The minimum absolute atomic E-state index is 0.379. The van der Waals surface area contributed by atoms with Crippen LogP contribution in [0.1, 0.15) is 13.3 Å². The molecule has 0 aromatic heterocycles. The molecule has 0 saturated heterocycles. The highest BCUT2D eigenvalue weighted by Crippen LogP contribution is 1.89. The average Bonchev–Trinajstić information content (AvgIpc) is 1.96. The van der Waals surface area contributed by atoms with Crippen LogP contribution in [0.3, 0.4) is 0 Å². The lowest BCUT2D eigenvalue weighted by molar-refractivity contribution is -0.141. The zero-order valence-electron chi connectivity index (χ0n) is 7.03. The molecule has 2 amide bonds. The fourth-order valence-corrected chi connectivity index (χ4v) is 0.590. The predicted octanol–water partition coefficient (Wildman–Crippen LogP) is -2.04. The van der Waals surface area contributed by atoms with Crippen LogP contribution in [0.25, 0.3) is 0 Å². The molecule has 7 heteroatoms. The fraction of sp³-hybridized carbons (Fsp3) is 0.500. The van der Waals surface area contributed by atoms with E-state index in [0.717, 1.165) is 0 Å². The third-order valence-corrected chi connectivity index (χ3v) is 1.13. The van der Waals surface area contributed by atoms with Gasteiger partial charge in [-0.05, 0) is 0 Å². The smallest absolute Gasteiger partial charge is 0.323 e. The van der Waals surface area contributed by atoms with Gasteiger partial charge >= 0.3 is 5.97 Å². The fourth-order valence-electron chi connectivity index (χ4n) is 0.590. The van der Waals surface area contributed by atoms with Crippen LogP contribution in [0.2, 0.25) is 0 Å². The van der Waals surface area contributed by atoms with Crippen molar-refractivity contribution in [1.29, 1.82) is 0 Å². The lowest BCUT2D eigenvalue weighted by Gasteiger charge is -2.11. The molecule has 0 aliphatic carbocycles. The van der Waals surface area contributed by atoms with Crippen LogP contribution in [0.5, 0.6) is 0 Å². The highest BCUT2D eigenvalue weighted by atomic mass is 16.4. The summed E-state index contributed by atoms with van der Waals surface area (Å²) < 4.78 is 0. The zero-order chi connectivity index (χ0) is 10.4. The molecule has 0 spiro atoms. The number of nitrogens with one attached hydrogen (secondary N) is 2. The maximum atomic E-state index is 10.4. The quantitative estimate of drug-likeness (QED) is 0.371. The summed E-state index contributed by atoms with van der Waals surface area (Å²) in [5.74, 6) is -2.46. The number of aliphatic carboxylic acids is 1. The first-order valence-electron chi connectivity index (χ1n) is 3.46. The first kappa shape index (κ1) is 11.4. The Balaban J connectivity index is 4.02. The number of carbonyl (C=O) groups excluding carboxylic acids is 2. The maximum Gasteiger partial charge on any atom is 0.323 e. The standard InChI is InChI=1S/C6H11N3O4/c1-3(10)8-9-4(6(12)13)2-5(7)11/h4,9H,2H2,1H3,(H2,7,11)(H,8,10)(H,12,13). The van der Waals surface area contributed by atoms with E-state index in [4.69, 9.17) is 10.8 Å². The number of primary amides is 1. The van der Waals surface area contributed by atoms with Crippen LogP contribution in [-0.2, 0) is 14.4 Å². The first-order chi connectivity index (χ1) is 5.93. The van der Waals surface area contributed by atoms with Crippen molar-refractivity contribution in [2.75, 3.05) is 0 Å². The van der Waals surface area contributed by atoms with E-state index in [1.54, 1.807) is 0 Å². The van der Waals surface area contributed by atoms with Crippen LogP contribution in [-0.4, -0.2) is 28.9 Å². The summed E-state index contributed by atoms with van der Waals surface area (Å²) in [5.41, 5.74) is 8.99. The molecule has 0 aromatic rings. The van der Waals surface area contributed by atoms with Gasteiger partial charge in [0.05, 0.1) is 6.42 Å². The Bertz CT molecular complexity index is 228. The number of amides is 2. The molecular weight excluding hydrogens is 178 g/mol. The van der Waals surface area contributed by atoms with Crippen molar-refractivity contribution in [3.8, 4) is 0 Å². The molecular formula is C6H11N3O4. The minimum atomic E-state index is -1.26. The van der Waals surface area contributed by atoms with Crippen LogP contribution in [0, 0.1) is 0 Å². The number of rotatable bonds is 5. The predicted molar refractivity (Wildman–Crippen MR) is 42.2 cm³/mol. The van der Waals surface area contributed by atoms with E-state index in [1.165, 1.54) is 6.92 Å². The summed E-state index contributed by atoms with van der Waals surface area (Å²) in [6.07, 6.45) is -0.379. The Morgan fingerprint density at radius 1 is 1.46 bits per heavy atom. The van der Waals surface area contributed by atoms with E-state index >= 15 is 0 Å². The van der Waals surface area contributed by atoms with Crippen LogP contribution in [0.15, 0.2) is 0 Å². The molecule has 0 aliphatic rings. The second kappa shape index (κ2) is 5.09. The first-order valence-corrected chi connectivity index (χ1v) is 3.46. The van der Waals surface area contributed by atoms with Crippen molar-refractivity contribution in [2.24, 2.45) is 5.73 Å². The number of hydrogen-bond acceptors (Lipinski definition) is 4. The molecule has 1 atom stereocenters. The molecule has 74 valence electrons. The Hall–Kier alpha value is -1.63. The molecule has 0 bridgehead atoms. The lowest BCUT2D eigenvalue weighted by atomic mass is 10.2. The number of carbonyl (C=O) groups is 3.